The van der Waals surface area contributed by atoms with Gasteiger partial charge >= 0.3 is 0 Å². The highest BCUT2D eigenvalue weighted by molar-refractivity contribution is 5.95. The number of hydrazone groups is 1. The normalized spacial score (nSPS) is 11.7. The van der Waals surface area contributed by atoms with Crippen LogP contribution in [-0.4, -0.2) is 18.7 Å². The molecule has 23 heavy (non-hydrogen) atoms. The first-order valence-electron chi connectivity index (χ1n) is 7.47. The number of amides is 1. The molecule has 5 heteroatoms. The van der Waals surface area contributed by atoms with E-state index in [1.54, 1.807) is 36.7 Å². The molecule has 0 aliphatic heterocycles. The molecule has 2 rings (SSSR count). The number of ether oxygens (including phenoxy) is 1. The molecule has 0 unspecified atom stereocenters. The van der Waals surface area contributed by atoms with Crippen LogP contribution in [-0.2, 0) is 0 Å². The van der Waals surface area contributed by atoms with Gasteiger partial charge in [0.15, 0.2) is 0 Å². The predicted octanol–water partition coefficient (Wildman–Crippen LogP) is 3.89. The summed E-state index contributed by atoms with van der Waals surface area (Å²) in [5, 5.41) is 3.93. The molecule has 0 spiro atoms. The quantitative estimate of drug-likeness (QED) is 0.623. The number of hydrogen-bond donors (Lipinski definition) is 1. The summed E-state index contributed by atoms with van der Waals surface area (Å²) in [6, 6.07) is 10.6. The number of allylic oxidation sites excluding steroid dienone is 1. The third-order valence-electron chi connectivity index (χ3n) is 2.94. The summed E-state index contributed by atoms with van der Waals surface area (Å²) in [5.74, 6) is 1.22. The zero-order valence-electron chi connectivity index (χ0n) is 13.3. The van der Waals surface area contributed by atoms with Crippen molar-refractivity contribution >= 4 is 18.2 Å². The number of hydrogen-bond acceptors (Lipinski definition) is 4. The summed E-state index contributed by atoms with van der Waals surface area (Å²) in [6.45, 7) is 4.58. The third-order valence-corrected chi connectivity index (χ3v) is 2.94. The maximum Gasteiger partial charge on any atom is 0.271 e. The lowest BCUT2D eigenvalue weighted by Gasteiger charge is -2.05. The monoisotopic (exact) mass is 312 g/mol. The molecule has 1 amide bonds. The molecular weight excluding hydrogens is 292 g/mol. The maximum absolute atomic E-state index is 12.0. The van der Waals surface area contributed by atoms with Crippen LogP contribution in [0.4, 0.5) is 0 Å². The van der Waals surface area contributed by atoms with E-state index >= 15 is 0 Å². The van der Waals surface area contributed by atoms with E-state index in [1.165, 1.54) is 0 Å². The van der Waals surface area contributed by atoms with Crippen molar-refractivity contribution in [2.75, 3.05) is 6.61 Å². The Morgan fingerprint density at radius 1 is 1.30 bits per heavy atom. The van der Waals surface area contributed by atoms with Crippen molar-refractivity contribution in [2.45, 2.75) is 20.3 Å². The first-order chi connectivity index (χ1) is 11.2. The van der Waals surface area contributed by atoms with Crippen molar-refractivity contribution in [3.8, 4) is 5.75 Å². The second-order valence-electron chi connectivity index (χ2n) is 4.98. The Morgan fingerprint density at radius 3 is 2.74 bits per heavy atom. The Labute approximate surface area is 135 Å². The number of nitrogens with zero attached hydrogens (tertiary/aromatic N) is 1. The van der Waals surface area contributed by atoms with Gasteiger partial charge in [0.05, 0.1) is 19.1 Å². The molecule has 0 radical (unpaired) electrons. The lowest BCUT2D eigenvalue weighted by Crippen LogP contribution is -2.17. The van der Waals surface area contributed by atoms with Crippen molar-refractivity contribution < 1.29 is 13.9 Å². The van der Waals surface area contributed by atoms with Gasteiger partial charge in [0.2, 0.25) is 0 Å². The molecule has 1 aromatic carbocycles. The van der Waals surface area contributed by atoms with Crippen LogP contribution in [0, 0.1) is 0 Å². The zero-order valence-corrected chi connectivity index (χ0v) is 13.3. The van der Waals surface area contributed by atoms with E-state index in [2.05, 4.69) is 10.5 Å². The van der Waals surface area contributed by atoms with E-state index in [1.807, 2.05) is 32.1 Å². The van der Waals surface area contributed by atoms with Crippen molar-refractivity contribution in [1.82, 2.24) is 5.43 Å². The summed E-state index contributed by atoms with van der Waals surface area (Å²) in [6.07, 6.45) is 5.95. The minimum absolute atomic E-state index is 0.269. The molecule has 0 bridgehead atoms. The van der Waals surface area contributed by atoms with E-state index in [0.29, 0.717) is 12.2 Å². The molecule has 0 fully saturated rings. The Kier molecular flexibility index (Phi) is 6.17. The highest BCUT2D eigenvalue weighted by Crippen LogP contribution is 2.12. The standard InChI is InChI=1S/C18H20N2O3/c1-3-10-22-16-8-6-15(7-9-16)18(21)20-19-13-14(2)12-17-5-4-11-23-17/h4-9,11-13H,3,10H2,1-2H3,(H,20,21)/b14-12+,19-13+. The summed E-state index contributed by atoms with van der Waals surface area (Å²) in [4.78, 5) is 12.0. The Bertz CT molecular complexity index is 671. The van der Waals surface area contributed by atoms with Gasteiger partial charge in [0.25, 0.3) is 5.91 Å². The first-order valence-corrected chi connectivity index (χ1v) is 7.47. The van der Waals surface area contributed by atoms with Gasteiger partial charge in [0, 0.05) is 5.56 Å². The van der Waals surface area contributed by atoms with E-state index < -0.39 is 0 Å². The van der Waals surface area contributed by atoms with Crippen molar-refractivity contribution in [3.63, 3.8) is 0 Å². The molecule has 0 atom stereocenters. The van der Waals surface area contributed by atoms with Crippen LogP contribution >= 0.6 is 0 Å². The summed E-state index contributed by atoms with van der Waals surface area (Å²) < 4.78 is 10.7. The summed E-state index contributed by atoms with van der Waals surface area (Å²) in [5.41, 5.74) is 3.88. The number of carbonyl (C=O) groups excluding carboxylic acids is 1. The highest BCUT2D eigenvalue weighted by Gasteiger charge is 2.04. The minimum atomic E-state index is -0.269. The average molecular weight is 312 g/mol. The van der Waals surface area contributed by atoms with Crippen LogP contribution in [0.2, 0.25) is 0 Å². The van der Waals surface area contributed by atoms with Crippen molar-refractivity contribution in [1.29, 1.82) is 0 Å². The molecule has 0 aliphatic rings. The van der Waals surface area contributed by atoms with Gasteiger partial charge < -0.3 is 9.15 Å². The molecule has 1 aromatic heterocycles. The Balaban J connectivity index is 1.87. The maximum atomic E-state index is 12.0. The average Bonchev–Trinajstić information content (AvgIpc) is 3.06. The number of carbonyl (C=O) groups is 1. The zero-order chi connectivity index (χ0) is 16.5. The van der Waals surface area contributed by atoms with Gasteiger partial charge in [-0.2, -0.15) is 5.10 Å². The van der Waals surface area contributed by atoms with Gasteiger partial charge in [-0.3, -0.25) is 4.79 Å². The SMILES string of the molecule is CCCOc1ccc(C(=O)N/N=C/C(C)=C/c2ccco2)cc1. The largest absolute Gasteiger partial charge is 0.494 e. The smallest absolute Gasteiger partial charge is 0.271 e. The van der Waals surface area contributed by atoms with Gasteiger partial charge in [-0.25, -0.2) is 5.43 Å². The topological polar surface area (TPSA) is 63.8 Å². The summed E-state index contributed by atoms with van der Waals surface area (Å²) in [7, 11) is 0. The van der Waals surface area contributed by atoms with Crippen LogP contribution in [0.5, 0.6) is 5.75 Å². The lowest BCUT2D eigenvalue weighted by atomic mass is 10.2. The number of rotatable bonds is 7. The number of furan rings is 1. The number of benzene rings is 1. The van der Waals surface area contributed by atoms with Crippen molar-refractivity contribution in [2.24, 2.45) is 5.10 Å². The lowest BCUT2D eigenvalue weighted by molar-refractivity contribution is 0.0955. The van der Waals surface area contributed by atoms with E-state index in [4.69, 9.17) is 9.15 Å². The van der Waals surface area contributed by atoms with E-state index in [0.717, 1.165) is 23.5 Å². The van der Waals surface area contributed by atoms with Crippen LogP contribution in [0.3, 0.4) is 0 Å². The fraction of sp³-hybridized carbons (Fsp3) is 0.222. The van der Waals surface area contributed by atoms with Gasteiger partial charge in [0.1, 0.15) is 11.5 Å². The molecule has 120 valence electrons. The Hall–Kier alpha value is -2.82. The van der Waals surface area contributed by atoms with Crippen LogP contribution in [0.25, 0.3) is 6.08 Å². The Morgan fingerprint density at radius 2 is 2.09 bits per heavy atom. The second-order valence-corrected chi connectivity index (χ2v) is 4.98. The fourth-order valence-electron chi connectivity index (χ4n) is 1.81. The summed E-state index contributed by atoms with van der Waals surface area (Å²) >= 11 is 0. The first kappa shape index (κ1) is 16.5. The minimum Gasteiger partial charge on any atom is -0.494 e. The fourth-order valence-corrected chi connectivity index (χ4v) is 1.81. The predicted molar refractivity (Wildman–Crippen MR) is 90.5 cm³/mol. The molecule has 1 N–H and O–H groups in total. The van der Waals surface area contributed by atoms with Crippen LogP contribution in [0.15, 0.2) is 57.8 Å². The third kappa shape index (κ3) is 5.47. The second kappa shape index (κ2) is 8.58. The molecule has 0 saturated carbocycles. The van der Waals surface area contributed by atoms with Gasteiger partial charge in [-0.15, -0.1) is 0 Å². The highest BCUT2D eigenvalue weighted by atomic mass is 16.5. The molecular formula is C18H20N2O3. The molecule has 2 aromatic rings. The van der Waals surface area contributed by atoms with Crippen LogP contribution < -0.4 is 10.2 Å². The van der Waals surface area contributed by atoms with Crippen molar-refractivity contribution in [3.05, 3.63) is 59.6 Å². The van der Waals surface area contributed by atoms with Gasteiger partial charge in [-0.1, -0.05) is 6.92 Å². The van der Waals surface area contributed by atoms with Gasteiger partial charge in [-0.05, 0) is 61.4 Å². The molecule has 5 nitrogen and oxygen atoms in total. The molecule has 1 heterocycles. The molecule has 0 saturated heterocycles. The van der Waals surface area contributed by atoms with E-state index in [-0.39, 0.29) is 5.91 Å². The number of nitrogens with one attached hydrogen (secondary N) is 1. The van der Waals surface area contributed by atoms with Crippen LogP contribution in [0.1, 0.15) is 36.4 Å². The van der Waals surface area contributed by atoms with E-state index in [9.17, 15) is 4.79 Å². The molecule has 0 aliphatic carbocycles.